The molecule has 0 saturated carbocycles. The Kier molecular flexibility index (Phi) is 2.16. The van der Waals surface area contributed by atoms with Gasteiger partial charge in [-0.3, -0.25) is 14.9 Å². The number of nitrogens with one attached hydrogen (secondary N) is 1. The van der Waals surface area contributed by atoms with E-state index in [0.717, 1.165) is 0 Å². The van der Waals surface area contributed by atoms with E-state index in [1.54, 1.807) is 6.92 Å². The number of fused-ring (bicyclic) bond motifs is 1. The van der Waals surface area contributed by atoms with Gasteiger partial charge in [0.2, 0.25) is 0 Å². The van der Waals surface area contributed by atoms with Gasteiger partial charge in [0.15, 0.2) is 5.60 Å². The van der Waals surface area contributed by atoms with Gasteiger partial charge in [-0.1, -0.05) is 13.0 Å². The van der Waals surface area contributed by atoms with Crippen molar-refractivity contribution in [2.24, 2.45) is 0 Å². The highest BCUT2D eigenvalue weighted by Crippen LogP contribution is 2.43. The fourth-order valence-electron chi connectivity index (χ4n) is 1.91. The van der Waals surface area contributed by atoms with E-state index in [2.05, 4.69) is 5.32 Å². The summed E-state index contributed by atoms with van der Waals surface area (Å²) in [5.74, 6) is -0.612. The monoisotopic (exact) mass is 222 g/mol. The van der Waals surface area contributed by atoms with Crippen molar-refractivity contribution in [2.45, 2.75) is 18.9 Å². The lowest BCUT2D eigenvalue weighted by atomic mass is 9.91. The van der Waals surface area contributed by atoms with Gasteiger partial charge in [-0.25, -0.2) is 0 Å². The normalized spacial score (nSPS) is 22.8. The van der Waals surface area contributed by atoms with Crippen molar-refractivity contribution in [1.82, 2.24) is 0 Å². The molecule has 2 N–H and O–H groups in total. The summed E-state index contributed by atoms with van der Waals surface area (Å²) in [7, 11) is 0. The van der Waals surface area contributed by atoms with E-state index in [1.807, 2.05) is 0 Å². The number of aliphatic hydroxyl groups is 1. The average molecular weight is 222 g/mol. The first kappa shape index (κ1) is 10.6. The van der Waals surface area contributed by atoms with Gasteiger partial charge in [-0.15, -0.1) is 0 Å². The molecule has 1 heterocycles. The lowest BCUT2D eigenvalue weighted by Gasteiger charge is -2.17. The van der Waals surface area contributed by atoms with Crippen LogP contribution < -0.4 is 5.32 Å². The molecule has 1 aliphatic rings. The summed E-state index contributed by atoms with van der Waals surface area (Å²) in [4.78, 5) is 21.8. The molecule has 0 saturated heterocycles. The minimum absolute atomic E-state index is 0.0625. The lowest BCUT2D eigenvalue weighted by Crippen LogP contribution is -2.33. The Morgan fingerprint density at radius 2 is 2.25 bits per heavy atom. The number of benzene rings is 1. The molecular formula is C10H10N2O4. The summed E-state index contributed by atoms with van der Waals surface area (Å²) in [6.45, 7) is 1.60. The number of amides is 1. The molecular weight excluding hydrogens is 212 g/mol. The summed E-state index contributed by atoms with van der Waals surface area (Å²) in [6.07, 6.45) is 0.0939. The second kappa shape index (κ2) is 3.28. The molecule has 1 amide bonds. The third-order valence-corrected chi connectivity index (χ3v) is 2.79. The summed E-state index contributed by atoms with van der Waals surface area (Å²) in [5, 5.41) is 23.4. The summed E-state index contributed by atoms with van der Waals surface area (Å²) >= 11 is 0. The molecule has 6 heteroatoms. The topological polar surface area (TPSA) is 92.5 Å². The molecule has 16 heavy (non-hydrogen) atoms. The van der Waals surface area contributed by atoms with Crippen molar-refractivity contribution in [3.05, 3.63) is 33.9 Å². The first-order chi connectivity index (χ1) is 7.50. The van der Waals surface area contributed by atoms with E-state index in [9.17, 15) is 20.0 Å². The van der Waals surface area contributed by atoms with E-state index < -0.39 is 16.4 Å². The molecule has 6 nitrogen and oxygen atoms in total. The summed E-state index contributed by atoms with van der Waals surface area (Å²) in [6, 6.07) is 4.28. The van der Waals surface area contributed by atoms with E-state index in [4.69, 9.17) is 0 Å². The summed E-state index contributed by atoms with van der Waals surface area (Å²) in [5.41, 5.74) is -1.66. The zero-order valence-corrected chi connectivity index (χ0v) is 8.56. The highest BCUT2D eigenvalue weighted by atomic mass is 16.6. The Morgan fingerprint density at radius 1 is 1.56 bits per heavy atom. The van der Waals surface area contributed by atoms with Crippen molar-refractivity contribution in [1.29, 1.82) is 0 Å². The molecule has 1 unspecified atom stereocenters. The first-order valence-corrected chi connectivity index (χ1v) is 4.82. The fraction of sp³-hybridized carbons (Fsp3) is 0.300. The highest BCUT2D eigenvalue weighted by molar-refractivity contribution is 6.06. The molecule has 0 fully saturated rings. The number of carbonyl (C=O) groups is 1. The van der Waals surface area contributed by atoms with E-state index >= 15 is 0 Å². The van der Waals surface area contributed by atoms with Gasteiger partial charge >= 0.3 is 0 Å². The second-order valence-corrected chi connectivity index (χ2v) is 3.62. The molecule has 84 valence electrons. The molecule has 1 aliphatic heterocycles. The Morgan fingerprint density at radius 3 is 2.81 bits per heavy atom. The summed E-state index contributed by atoms with van der Waals surface area (Å²) < 4.78 is 0. The smallest absolute Gasteiger partial charge is 0.278 e. The van der Waals surface area contributed by atoms with Crippen molar-refractivity contribution in [3.63, 3.8) is 0 Å². The quantitative estimate of drug-likeness (QED) is 0.579. The van der Waals surface area contributed by atoms with Crippen LogP contribution in [-0.4, -0.2) is 15.9 Å². The van der Waals surface area contributed by atoms with Crippen LogP contribution in [0, 0.1) is 10.1 Å². The lowest BCUT2D eigenvalue weighted by molar-refractivity contribution is -0.386. The highest BCUT2D eigenvalue weighted by Gasteiger charge is 2.48. The van der Waals surface area contributed by atoms with Crippen molar-refractivity contribution in [2.75, 3.05) is 5.32 Å². The Balaban J connectivity index is 2.71. The van der Waals surface area contributed by atoms with Crippen molar-refractivity contribution >= 4 is 17.3 Å². The zero-order valence-electron chi connectivity index (χ0n) is 8.56. The van der Waals surface area contributed by atoms with Gasteiger partial charge in [-0.05, 0) is 12.5 Å². The maximum absolute atomic E-state index is 11.6. The first-order valence-electron chi connectivity index (χ1n) is 4.82. The predicted octanol–water partition coefficient (Wildman–Crippen LogP) is 1.14. The maximum Gasteiger partial charge on any atom is 0.278 e. The van der Waals surface area contributed by atoms with Crippen LogP contribution in [0.3, 0.4) is 0 Å². The molecule has 1 atom stereocenters. The van der Waals surface area contributed by atoms with Gasteiger partial charge in [0, 0.05) is 6.07 Å². The molecule has 2 rings (SSSR count). The Bertz CT molecular complexity index is 486. The third kappa shape index (κ3) is 1.20. The number of hydrogen-bond acceptors (Lipinski definition) is 4. The minimum Gasteiger partial charge on any atom is -0.375 e. The molecule has 1 aromatic rings. The molecule has 0 aliphatic carbocycles. The molecule has 0 bridgehead atoms. The van der Waals surface area contributed by atoms with Crippen LogP contribution in [-0.2, 0) is 10.4 Å². The SMILES string of the molecule is CCC1(O)C(=O)Nc2cccc([N+](=O)[O-])c21. The van der Waals surface area contributed by atoms with Crippen LogP contribution in [0.4, 0.5) is 11.4 Å². The number of nitro benzene ring substituents is 1. The number of hydrogen-bond donors (Lipinski definition) is 2. The molecule has 0 aromatic heterocycles. The van der Waals surface area contributed by atoms with Gasteiger partial charge < -0.3 is 10.4 Å². The predicted molar refractivity (Wildman–Crippen MR) is 55.9 cm³/mol. The molecule has 1 aromatic carbocycles. The number of carbonyl (C=O) groups excluding carboxylic acids is 1. The van der Waals surface area contributed by atoms with Crippen LogP contribution in [0.25, 0.3) is 0 Å². The standard InChI is InChI=1S/C10H10N2O4/c1-2-10(14)8-6(11-9(10)13)4-3-5-7(8)12(15)16/h3-5,14H,2H2,1H3,(H,11,13). The molecule has 0 radical (unpaired) electrons. The largest absolute Gasteiger partial charge is 0.375 e. The van der Waals surface area contributed by atoms with Crippen LogP contribution in [0.15, 0.2) is 18.2 Å². The van der Waals surface area contributed by atoms with E-state index in [-0.39, 0.29) is 17.7 Å². The Labute approximate surface area is 91.0 Å². The Hall–Kier alpha value is -1.95. The average Bonchev–Trinajstić information content (AvgIpc) is 2.52. The van der Waals surface area contributed by atoms with Crippen LogP contribution in [0.1, 0.15) is 18.9 Å². The maximum atomic E-state index is 11.6. The number of anilines is 1. The number of rotatable bonds is 2. The minimum atomic E-state index is -1.79. The molecule has 0 spiro atoms. The van der Waals surface area contributed by atoms with Crippen LogP contribution in [0.2, 0.25) is 0 Å². The number of nitro groups is 1. The fourth-order valence-corrected chi connectivity index (χ4v) is 1.91. The zero-order chi connectivity index (χ0) is 11.9. The third-order valence-electron chi connectivity index (χ3n) is 2.79. The van der Waals surface area contributed by atoms with Crippen molar-refractivity contribution < 1.29 is 14.8 Å². The second-order valence-electron chi connectivity index (χ2n) is 3.62. The van der Waals surface area contributed by atoms with Gasteiger partial charge in [0.05, 0.1) is 16.2 Å². The van der Waals surface area contributed by atoms with E-state index in [0.29, 0.717) is 5.69 Å². The van der Waals surface area contributed by atoms with Gasteiger partial charge in [0.1, 0.15) is 0 Å². The van der Waals surface area contributed by atoms with Crippen LogP contribution >= 0.6 is 0 Å². The number of nitrogens with zero attached hydrogens (tertiary/aromatic N) is 1. The van der Waals surface area contributed by atoms with Crippen LogP contribution in [0.5, 0.6) is 0 Å². The van der Waals surface area contributed by atoms with E-state index in [1.165, 1.54) is 18.2 Å². The van der Waals surface area contributed by atoms with Gasteiger partial charge in [0.25, 0.3) is 11.6 Å². The van der Waals surface area contributed by atoms with Crippen molar-refractivity contribution in [3.8, 4) is 0 Å². The van der Waals surface area contributed by atoms with Gasteiger partial charge in [-0.2, -0.15) is 0 Å².